The Bertz CT molecular complexity index is 1930. The number of hydrogen-bond donors (Lipinski definition) is 4. The summed E-state index contributed by atoms with van der Waals surface area (Å²) >= 11 is 3.38. The number of guanidine groups is 2. The number of amides is 1. The van der Waals surface area contributed by atoms with Gasteiger partial charge in [0, 0.05) is 63.2 Å². The predicted octanol–water partition coefficient (Wildman–Crippen LogP) is 6.96. The van der Waals surface area contributed by atoms with E-state index in [9.17, 15) is 9.59 Å². The van der Waals surface area contributed by atoms with E-state index >= 15 is 0 Å². The van der Waals surface area contributed by atoms with Gasteiger partial charge in [-0.2, -0.15) is 0 Å². The summed E-state index contributed by atoms with van der Waals surface area (Å²) in [6.45, 7) is 8.20. The average molecular weight is 780 g/mol. The minimum Gasteiger partial charge on any atom is -0.463 e. The molecule has 0 atom stereocenters. The zero-order valence-electron chi connectivity index (χ0n) is 30.7. The number of morpholine rings is 1. The summed E-state index contributed by atoms with van der Waals surface area (Å²) < 4.78 is 15.5. The summed E-state index contributed by atoms with van der Waals surface area (Å²) in [5.41, 5.74) is 3.97. The Morgan fingerprint density at radius 1 is 0.727 bits per heavy atom. The molecule has 14 heteroatoms. The first-order valence-corrected chi connectivity index (χ1v) is 19.8. The van der Waals surface area contributed by atoms with Crippen LogP contribution in [0.4, 0.5) is 16.2 Å². The Morgan fingerprint density at radius 3 is 1.69 bits per heavy atom. The SMILES string of the molecule is CCOC(=O)C=Cc1ccc(Sc2ccc(NC3=NCCN3)cc2)cc1.O=C(OCc1ccc(Sc2ccc(NC3=NCCN3)cc2)cc1)N1CCOCC1. The van der Waals surface area contributed by atoms with Crippen molar-refractivity contribution < 1.29 is 23.8 Å². The van der Waals surface area contributed by atoms with Crippen LogP contribution in [0.2, 0.25) is 0 Å². The van der Waals surface area contributed by atoms with Crippen LogP contribution in [0.25, 0.3) is 6.08 Å². The standard InChI is InChI=1S/C21H24N4O3S.C20H21N3O2S/c26-21(25-11-13-27-14-12-25)28-15-16-1-5-18(6-2-16)29-19-7-3-17(4-8-19)24-20-22-9-10-23-20;1-2-25-19(24)12-5-15-3-8-17(9-4-15)26-18-10-6-16(7-11-18)23-20-21-13-14-22-20/h1-8H,9-15H2,(H2,22,23,24);3-12H,2,13-14H2,1H3,(H2,21,22,23). The fourth-order valence-corrected chi connectivity index (χ4v) is 6.99. The molecule has 55 heavy (non-hydrogen) atoms. The highest BCUT2D eigenvalue weighted by molar-refractivity contribution is 7.99. The molecule has 0 radical (unpaired) electrons. The van der Waals surface area contributed by atoms with E-state index < -0.39 is 0 Å². The van der Waals surface area contributed by atoms with Gasteiger partial charge in [0.2, 0.25) is 0 Å². The number of ether oxygens (including phenoxy) is 3. The Balaban J connectivity index is 0.000000188. The summed E-state index contributed by atoms with van der Waals surface area (Å²) in [6.07, 6.45) is 2.92. The highest BCUT2D eigenvalue weighted by Gasteiger charge is 2.18. The van der Waals surface area contributed by atoms with Crippen LogP contribution in [0.5, 0.6) is 0 Å². The number of anilines is 2. The lowest BCUT2D eigenvalue weighted by atomic mass is 10.2. The van der Waals surface area contributed by atoms with Gasteiger partial charge in [0.15, 0.2) is 11.9 Å². The topological polar surface area (TPSA) is 138 Å². The number of hydrogen-bond acceptors (Lipinski definition) is 13. The Labute approximate surface area is 330 Å². The second-order valence-electron chi connectivity index (χ2n) is 12.3. The summed E-state index contributed by atoms with van der Waals surface area (Å²) in [6, 6.07) is 32.6. The number of carbonyl (C=O) groups is 2. The fourth-order valence-electron chi connectivity index (χ4n) is 5.36. The van der Waals surface area contributed by atoms with E-state index in [4.69, 9.17) is 14.2 Å². The van der Waals surface area contributed by atoms with Crippen LogP contribution in [0.15, 0.2) is 133 Å². The quantitative estimate of drug-likeness (QED) is 0.0929. The molecule has 0 spiro atoms. The van der Waals surface area contributed by atoms with Gasteiger partial charge in [-0.3, -0.25) is 9.98 Å². The van der Waals surface area contributed by atoms with Crippen molar-refractivity contribution in [1.82, 2.24) is 15.5 Å². The van der Waals surface area contributed by atoms with Gasteiger partial charge in [-0.1, -0.05) is 47.8 Å². The molecule has 7 rings (SSSR count). The third-order valence-electron chi connectivity index (χ3n) is 8.19. The molecule has 286 valence electrons. The number of nitrogens with zero attached hydrogens (tertiary/aromatic N) is 3. The van der Waals surface area contributed by atoms with Crippen molar-refractivity contribution in [3.05, 3.63) is 114 Å². The molecule has 3 heterocycles. The van der Waals surface area contributed by atoms with Gasteiger partial charge < -0.3 is 40.4 Å². The highest BCUT2D eigenvalue weighted by Crippen LogP contribution is 2.30. The minimum atomic E-state index is -0.321. The summed E-state index contributed by atoms with van der Waals surface area (Å²) in [7, 11) is 0. The molecule has 4 N–H and O–H groups in total. The van der Waals surface area contributed by atoms with Crippen LogP contribution in [0.3, 0.4) is 0 Å². The van der Waals surface area contributed by atoms with Crippen molar-refractivity contribution >= 4 is 65.0 Å². The van der Waals surface area contributed by atoms with Gasteiger partial charge in [-0.15, -0.1) is 0 Å². The Hall–Kier alpha value is -5.44. The molecule has 0 bridgehead atoms. The highest BCUT2D eigenvalue weighted by atomic mass is 32.2. The molecular formula is C41H45N7O5S2. The maximum Gasteiger partial charge on any atom is 0.410 e. The van der Waals surface area contributed by atoms with Crippen LogP contribution in [0, 0.1) is 0 Å². The number of rotatable bonds is 11. The molecule has 12 nitrogen and oxygen atoms in total. The minimum absolute atomic E-state index is 0.277. The second-order valence-corrected chi connectivity index (χ2v) is 14.6. The van der Waals surface area contributed by atoms with Gasteiger partial charge in [0.25, 0.3) is 0 Å². The average Bonchev–Trinajstić information content (AvgIpc) is 3.95. The summed E-state index contributed by atoms with van der Waals surface area (Å²) in [5, 5.41) is 12.9. The van der Waals surface area contributed by atoms with Crippen LogP contribution < -0.4 is 21.3 Å². The lowest BCUT2D eigenvalue weighted by Gasteiger charge is -2.25. The van der Waals surface area contributed by atoms with Gasteiger partial charge in [0.05, 0.1) is 32.9 Å². The normalized spacial score (nSPS) is 14.8. The third-order valence-corrected chi connectivity index (χ3v) is 10.2. The zero-order chi connectivity index (χ0) is 38.1. The van der Waals surface area contributed by atoms with Crippen LogP contribution in [0.1, 0.15) is 18.1 Å². The summed E-state index contributed by atoms with van der Waals surface area (Å²) in [4.78, 5) is 38.3. The zero-order valence-corrected chi connectivity index (χ0v) is 32.3. The van der Waals surface area contributed by atoms with E-state index in [0.29, 0.717) is 32.9 Å². The van der Waals surface area contributed by atoms with Gasteiger partial charge >= 0.3 is 12.1 Å². The van der Waals surface area contributed by atoms with Crippen molar-refractivity contribution in [2.75, 3.05) is 69.7 Å². The van der Waals surface area contributed by atoms with Gasteiger partial charge in [-0.05, 0) is 96.9 Å². The first kappa shape index (κ1) is 39.3. The van der Waals surface area contributed by atoms with Crippen molar-refractivity contribution in [1.29, 1.82) is 0 Å². The van der Waals surface area contributed by atoms with E-state index in [1.807, 2.05) is 72.8 Å². The van der Waals surface area contributed by atoms with E-state index in [-0.39, 0.29) is 18.7 Å². The van der Waals surface area contributed by atoms with E-state index in [2.05, 4.69) is 55.5 Å². The molecular weight excluding hydrogens is 735 g/mol. The number of aliphatic imine (C=N–C) groups is 2. The molecule has 0 aromatic heterocycles. The molecule has 4 aromatic carbocycles. The smallest absolute Gasteiger partial charge is 0.410 e. The maximum atomic E-state index is 12.0. The molecule has 0 saturated carbocycles. The molecule has 0 unspecified atom stereocenters. The monoisotopic (exact) mass is 779 g/mol. The largest absolute Gasteiger partial charge is 0.463 e. The Morgan fingerprint density at radius 2 is 1.22 bits per heavy atom. The van der Waals surface area contributed by atoms with Crippen LogP contribution in [-0.2, 0) is 25.6 Å². The molecule has 1 amide bonds. The molecule has 3 aliphatic heterocycles. The molecule has 1 saturated heterocycles. The first-order valence-electron chi connectivity index (χ1n) is 18.2. The van der Waals surface area contributed by atoms with Crippen LogP contribution in [-0.4, -0.2) is 88.0 Å². The van der Waals surface area contributed by atoms with Gasteiger partial charge in [0.1, 0.15) is 6.61 Å². The molecule has 1 fully saturated rings. The maximum absolute atomic E-state index is 12.0. The fraction of sp³-hybridized carbons (Fsp3) is 0.268. The van der Waals surface area contributed by atoms with Crippen molar-refractivity contribution in [3.63, 3.8) is 0 Å². The second kappa shape index (κ2) is 20.9. The van der Waals surface area contributed by atoms with E-state index in [1.54, 1.807) is 41.4 Å². The van der Waals surface area contributed by atoms with Crippen molar-refractivity contribution in [2.24, 2.45) is 9.98 Å². The number of carbonyl (C=O) groups excluding carboxylic acids is 2. The molecule has 4 aromatic rings. The lowest BCUT2D eigenvalue weighted by Crippen LogP contribution is -2.40. The number of benzene rings is 4. The number of nitrogens with one attached hydrogen (secondary N) is 4. The molecule has 3 aliphatic rings. The third kappa shape index (κ3) is 13.1. The first-order chi connectivity index (χ1) is 27.0. The lowest BCUT2D eigenvalue weighted by molar-refractivity contribution is -0.137. The van der Waals surface area contributed by atoms with E-state index in [1.165, 1.54) is 6.08 Å². The van der Waals surface area contributed by atoms with Crippen molar-refractivity contribution in [3.8, 4) is 0 Å². The predicted molar refractivity (Wildman–Crippen MR) is 220 cm³/mol. The molecule has 0 aliphatic carbocycles. The van der Waals surface area contributed by atoms with Gasteiger partial charge in [-0.25, -0.2) is 9.59 Å². The summed E-state index contributed by atoms with van der Waals surface area (Å²) in [5.74, 6) is 1.34. The number of esters is 1. The Kier molecular flexibility index (Phi) is 14.9. The van der Waals surface area contributed by atoms with E-state index in [0.717, 1.165) is 80.2 Å². The van der Waals surface area contributed by atoms with Crippen molar-refractivity contribution in [2.45, 2.75) is 33.1 Å². The van der Waals surface area contributed by atoms with Crippen LogP contribution >= 0.6 is 23.5 Å².